The number of amides is 1. The normalized spacial score (nSPS) is 12.7. The molecule has 1 amide bonds. The van der Waals surface area contributed by atoms with E-state index >= 15 is 0 Å². The van der Waals surface area contributed by atoms with Gasteiger partial charge in [-0.2, -0.15) is 11.8 Å². The van der Waals surface area contributed by atoms with Crippen LogP contribution in [0.4, 0.5) is 0 Å². The molecule has 0 aliphatic carbocycles. The predicted molar refractivity (Wildman–Crippen MR) is 77.5 cm³/mol. The summed E-state index contributed by atoms with van der Waals surface area (Å²) in [5.74, 6) is 1.06. The minimum atomic E-state index is -0.0908. The summed E-state index contributed by atoms with van der Waals surface area (Å²) in [4.78, 5) is 16.9. The molecule has 1 rings (SSSR count). The Morgan fingerprint density at radius 2 is 2.33 bits per heavy atom. The van der Waals surface area contributed by atoms with Crippen molar-refractivity contribution in [1.82, 2.24) is 10.3 Å². The van der Waals surface area contributed by atoms with Crippen LogP contribution in [0.5, 0.6) is 0 Å². The lowest BCUT2D eigenvalue weighted by Crippen LogP contribution is -2.36. The highest BCUT2D eigenvalue weighted by atomic mass is 32.2. The van der Waals surface area contributed by atoms with E-state index in [4.69, 9.17) is 5.11 Å². The van der Waals surface area contributed by atoms with Gasteiger partial charge in [-0.05, 0) is 12.7 Å². The summed E-state index contributed by atoms with van der Waals surface area (Å²) in [5.41, 5.74) is 0. The molecule has 1 atom stereocenters. The molecule has 102 valence electrons. The van der Waals surface area contributed by atoms with Crippen LogP contribution in [-0.2, 0) is 0 Å². The SMILES string of the molecule is CSCC(CCO)NC(=O)c1cnc(C(C)C)s1. The van der Waals surface area contributed by atoms with E-state index in [-0.39, 0.29) is 18.6 Å². The molecule has 1 aromatic rings. The Morgan fingerprint density at radius 3 is 2.83 bits per heavy atom. The molecule has 18 heavy (non-hydrogen) atoms. The molecule has 0 aliphatic rings. The molecule has 0 spiro atoms. The van der Waals surface area contributed by atoms with Crippen LogP contribution in [0.3, 0.4) is 0 Å². The molecule has 0 saturated carbocycles. The smallest absolute Gasteiger partial charge is 0.263 e. The molecular formula is C12H20N2O2S2. The first-order valence-electron chi connectivity index (χ1n) is 5.94. The maximum Gasteiger partial charge on any atom is 0.263 e. The summed E-state index contributed by atoms with van der Waals surface area (Å²) in [5, 5.41) is 12.9. The monoisotopic (exact) mass is 288 g/mol. The van der Waals surface area contributed by atoms with Crippen LogP contribution < -0.4 is 5.32 Å². The molecular weight excluding hydrogens is 268 g/mol. The van der Waals surface area contributed by atoms with E-state index in [1.54, 1.807) is 18.0 Å². The first kappa shape index (κ1) is 15.5. The molecule has 0 aliphatic heterocycles. The van der Waals surface area contributed by atoms with Gasteiger partial charge in [-0.1, -0.05) is 13.8 Å². The lowest BCUT2D eigenvalue weighted by atomic mass is 10.2. The Bertz CT molecular complexity index is 374. The third-order valence-electron chi connectivity index (χ3n) is 2.42. The third kappa shape index (κ3) is 4.59. The Labute approximate surface area is 116 Å². The van der Waals surface area contributed by atoms with E-state index in [1.165, 1.54) is 11.3 Å². The summed E-state index contributed by atoms with van der Waals surface area (Å²) in [6, 6.07) is 0.0158. The molecule has 2 N–H and O–H groups in total. The molecule has 6 heteroatoms. The van der Waals surface area contributed by atoms with Crippen LogP contribution in [0.15, 0.2) is 6.20 Å². The zero-order chi connectivity index (χ0) is 13.5. The highest BCUT2D eigenvalue weighted by Crippen LogP contribution is 2.21. The van der Waals surface area contributed by atoms with E-state index in [2.05, 4.69) is 24.1 Å². The van der Waals surface area contributed by atoms with Crippen LogP contribution in [0.1, 0.15) is 40.9 Å². The number of nitrogens with zero attached hydrogens (tertiary/aromatic N) is 1. The molecule has 0 saturated heterocycles. The number of hydrogen-bond acceptors (Lipinski definition) is 5. The second kappa shape index (κ2) is 7.76. The maximum absolute atomic E-state index is 12.0. The quantitative estimate of drug-likeness (QED) is 0.806. The van der Waals surface area contributed by atoms with Gasteiger partial charge in [0.15, 0.2) is 0 Å². The number of carbonyl (C=O) groups excluding carboxylic acids is 1. The summed E-state index contributed by atoms with van der Waals surface area (Å²) >= 11 is 3.09. The average Bonchev–Trinajstić information content (AvgIpc) is 2.79. The van der Waals surface area contributed by atoms with Gasteiger partial charge < -0.3 is 10.4 Å². The highest BCUT2D eigenvalue weighted by molar-refractivity contribution is 7.98. The van der Waals surface area contributed by atoms with Gasteiger partial charge >= 0.3 is 0 Å². The number of thioether (sulfide) groups is 1. The topological polar surface area (TPSA) is 62.2 Å². The van der Waals surface area contributed by atoms with Crippen LogP contribution in [0.25, 0.3) is 0 Å². The highest BCUT2D eigenvalue weighted by Gasteiger charge is 2.16. The van der Waals surface area contributed by atoms with Crippen molar-refractivity contribution in [3.8, 4) is 0 Å². The van der Waals surface area contributed by atoms with Crippen LogP contribution in [-0.4, -0.2) is 40.7 Å². The van der Waals surface area contributed by atoms with Gasteiger partial charge in [0, 0.05) is 24.3 Å². The standard InChI is InChI=1S/C12H20N2O2S2/c1-8(2)12-13-6-10(18-12)11(16)14-9(4-5-15)7-17-3/h6,8-9,15H,4-5,7H2,1-3H3,(H,14,16). The van der Waals surface area contributed by atoms with Crippen molar-refractivity contribution < 1.29 is 9.90 Å². The fraction of sp³-hybridized carbons (Fsp3) is 0.667. The zero-order valence-electron chi connectivity index (χ0n) is 11.0. The van der Waals surface area contributed by atoms with Crippen LogP contribution in [0.2, 0.25) is 0 Å². The summed E-state index contributed by atoms with van der Waals surface area (Å²) in [6.45, 7) is 4.21. The van der Waals surface area contributed by atoms with Gasteiger partial charge in [-0.15, -0.1) is 11.3 Å². The van der Waals surface area contributed by atoms with Crippen LogP contribution in [0, 0.1) is 0 Å². The lowest BCUT2D eigenvalue weighted by Gasteiger charge is -2.15. The second-order valence-corrected chi connectivity index (χ2v) is 6.33. The van der Waals surface area contributed by atoms with E-state index in [1.807, 2.05) is 6.26 Å². The van der Waals surface area contributed by atoms with Crippen molar-refractivity contribution >= 4 is 29.0 Å². The number of nitrogens with one attached hydrogen (secondary N) is 1. The summed E-state index contributed by atoms with van der Waals surface area (Å²) < 4.78 is 0. The fourth-order valence-electron chi connectivity index (χ4n) is 1.47. The van der Waals surface area contributed by atoms with Crippen molar-refractivity contribution in [3.63, 3.8) is 0 Å². The molecule has 1 unspecified atom stereocenters. The molecule has 1 heterocycles. The number of thiazole rings is 1. The van der Waals surface area contributed by atoms with E-state index in [0.717, 1.165) is 10.8 Å². The number of hydrogen-bond donors (Lipinski definition) is 2. The Hall–Kier alpha value is -0.590. The van der Waals surface area contributed by atoms with Gasteiger partial charge in [0.25, 0.3) is 5.91 Å². The molecule has 0 fully saturated rings. The number of rotatable bonds is 7. The van der Waals surface area contributed by atoms with E-state index in [9.17, 15) is 4.79 Å². The minimum Gasteiger partial charge on any atom is -0.396 e. The number of aliphatic hydroxyl groups is 1. The van der Waals surface area contributed by atoms with Crippen molar-refractivity contribution in [3.05, 3.63) is 16.1 Å². The first-order valence-corrected chi connectivity index (χ1v) is 8.15. The van der Waals surface area contributed by atoms with E-state index < -0.39 is 0 Å². The van der Waals surface area contributed by atoms with Gasteiger partial charge in [-0.25, -0.2) is 4.98 Å². The van der Waals surface area contributed by atoms with Crippen molar-refractivity contribution in [2.45, 2.75) is 32.2 Å². The zero-order valence-corrected chi connectivity index (χ0v) is 12.6. The maximum atomic E-state index is 12.0. The molecule has 1 aromatic heterocycles. The number of carbonyl (C=O) groups is 1. The minimum absolute atomic E-state index is 0.0158. The molecule has 0 bridgehead atoms. The molecule has 0 radical (unpaired) electrons. The fourth-order valence-corrected chi connectivity index (χ4v) is 2.95. The Balaban J connectivity index is 2.61. The summed E-state index contributed by atoms with van der Waals surface area (Å²) in [7, 11) is 0. The van der Waals surface area contributed by atoms with Gasteiger partial charge in [0.05, 0.1) is 11.2 Å². The van der Waals surface area contributed by atoms with Crippen LogP contribution >= 0.6 is 23.1 Å². The van der Waals surface area contributed by atoms with Gasteiger partial charge in [0.2, 0.25) is 0 Å². The third-order valence-corrected chi connectivity index (χ3v) is 4.45. The number of aromatic nitrogens is 1. The molecule has 4 nitrogen and oxygen atoms in total. The van der Waals surface area contributed by atoms with Crippen molar-refractivity contribution in [2.75, 3.05) is 18.6 Å². The van der Waals surface area contributed by atoms with Crippen molar-refractivity contribution in [1.29, 1.82) is 0 Å². The second-order valence-electron chi connectivity index (χ2n) is 4.36. The molecule has 0 aromatic carbocycles. The lowest BCUT2D eigenvalue weighted by molar-refractivity contribution is 0.0939. The number of aliphatic hydroxyl groups excluding tert-OH is 1. The largest absolute Gasteiger partial charge is 0.396 e. The van der Waals surface area contributed by atoms with Gasteiger partial charge in [-0.3, -0.25) is 4.79 Å². The predicted octanol–water partition coefficient (Wildman–Crippen LogP) is 2.11. The van der Waals surface area contributed by atoms with E-state index in [0.29, 0.717) is 17.2 Å². The Morgan fingerprint density at radius 1 is 1.61 bits per heavy atom. The van der Waals surface area contributed by atoms with Crippen molar-refractivity contribution in [2.24, 2.45) is 0 Å². The first-order chi connectivity index (χ1) is 8.58. The Kier molecular flexibility index (Phi) is 6.67. The summed E-state index contributed by atoms with van der Waals surface area (Å²) in [6.07, 6.45) is 4.20. The van der Waals surface area contributed by atoms with Gasteiger partial charge in [0.1, 0.15) is 4.88 Å². The average molecular weight is 288 g/mol.